The lowest BCUT2D eigenvalue weighted by molar-refractivity contribution is -0.137. The van der Waals surface area contributed by atoms with Crippen LogP contribution in [-0.2, 0) is 28.6 Å². The molecule has 0 fully saturated rings. The zero-order valence-corrected chi connectivity index (χ0v) is 18.4. The first kappa shape index (κ1) is 25.5. The van der Waals surface area contributed by atoms with Crippen molar-refractivity contribution in [3.05, 3.63) is 24.3 Å². The number of ether oxygens (including phenoxy) is 3. The summed E-state index contributed by atoms with van der Waals surface area (Å²) < 4.78 is 16.1. The topological polar surface area (TPSA) is 123 Å². The molecule has 2 rings (SSSR count). The Bertz CT molecular complexity index is 675. The van der Waals surface area contributed by atoms with E-state index in [1.54, 1.807) is 0 Å². The van der Waals surface area contributed by atoms with E-state index in [1.807, 2.05) is 6.08 Å². The molecule has 2 N–H and O–H groups in total. The van der Waals surface area contributed by atoms with E-state index < -0.39 is 17.9 Å². The maximum atomic E-state index is 11.8. The summed E-state index contributed by atoms with van der Waals surface area (Å²) in [4.78, 5) is 47.3. The van der Waals surface area contributed by atoms with Crippen molar-refractivity contribution in [2.75, 3.05) is 46.1 Å². The molecule has 0 aromatic heterocycles. The average molecular weight is 452 g/mol. The lowest BCUT2D eigenvalue weighted by Gasteiger charge is -2.16. The molecule has 10 heteroatoms. The summed E-state index contributed by atoms with van der Waals surface area (Å²) in [5, 5.41) is 5.33. The highest BCUT2D eigenvalue weighted by molar-refractivity contribution is 6.13. The van der Waals surface area contributed by atoms with Crippen LogP contribution in [-0.4, -0.2) is 80.9 Å². The minimum Gasteiger partial charge on any atom is -0.442 e. The van der Waals surface area contributed by atoms with Gasteiger partial charge in [-0.2, -0.15) is 0 Å². The molecule has 1 aliphatic carbocycles. The summed E-state index contributed by atoms with van der Waals surface area (Å²) in [5.74, 6) is -1.05. The molecule has 0 aromatic rings. The molecule has 0 radical (unpaired) electrons. The van der Waals surface area contributed by atoms with Crippen molar-refractivity contribution in [2.45, 2.75) is 44.6 Å². The summed E-state index contributed by atoms with van der Waals surface area (Å²) in [7, 11) is 0. The van der Waals surface area contributed by atoms with Crippen LogP contribution in [0.1, 0.15) is 38.5 Å². The fourth-order valence-electron chi connectivity index (χ4n) is 3.17. The smallest absolute Gasteiger partial charge is 0.407 e. The summed E-state index contributed by atoms with van der Waals surface area (Å²) in [5.41, 5.74) is 0. The van der Waals surface area contributed by atoms with E-state index in [0.717, 1.165) is 30.6 Å². The number of alkyl carbamates (subject to hydrolysis) is 1. The van der Waals surface area contributed by atoms with Crippen LogP contribution < -0.4 is 10.6 Å². The molecule has 0 aromatic carbocycles. The lowest BCUT2D eigenvalue weighted by atomic mass is 10.0. The third-order valence-corrected chi connectivity index (χ3v) is 4.89. The van der Waals surface area contributed by atoms with Gasteiger partial charge in [0, 0.05) is 38.2 Å². The number of hydrogen-bond donors (Lipinski definition) is 2. The number of allylic oxidation sites excluding steroid dienone is 1. The molecule has 0 bridgehead atoms. The third kappa shape index (κ3) is 10.5. The fraction of sp³-hybridized carbons (Fsp3) is 0.636. The van der Waals surface area contributed by atoms with Crippen molar-refractivity contribution in [2.24, 2.45) is 0 Å². The molecule has 0 spiro atoms. The highest BCUT2D eigenvalue weighted by atomic mass is 16.6. The van der Waals surface area contributed by atoms with Gasteiger partial charge in [-0.25, -0.2) is 4.79 Å². The lowest BCUT2D eigenvalue weighted by Crippen LogP contribution is -2.35. The summed E-state index contributed by atoms with van der Waals surface area (Å²) >= 11 is 0. The first-order valence-electron chi connectivity index (χ1n) is 11.1. The maximum Gasteiger partial charge on any atom is 0.407 e. The average Bonchev–Trinajstić information content (AvgIpc) is 3.07. The van der Waals surface area contributed by atoms with Gasteiger partial charge in [-0.05, 0) is 31.8 Å². The van der Waals surface area contributed by atoms with Crippen LogP contribution in [0.5, 0.6) is 0 Å². The van der Waals surface area contributed by atoms with Gasteiger partial charge >= 0.3 is 6.09 Å². The van der Waals surface area contributed by atoms with Crippen LogP contribution in [0.4, 0.5) is 4.79 Å². The second kappa shape index (κ2) is 15.1. The number of imide groups is 1. The number of carbonyl (C=O) groups is 4. The summed E-state index contributed by atoms with van der Waals surface area (Å²) in [6.07, 6.45) is 11.2. The molecule has 0 unspecified atom stereocenters. The highest BCUT2D eigenvalue weighted by Gasteiger charge is 2.23. The quantitative estimate of drug-likeness (QED) is 0.244. The van der Waals surface area contributed by atoms with Gasteiger partial charge in [0.15, 0.2) is 0 Å². The molecule has 178 valence electrons. The van der Waals surface area contributed by atoms with Crippen LogP contribution in [0.15, 0.2) is 24.3 Å². The molecule has 2 aliphatic rings. The molecule has 1 aliphatic heterocycles. The Morgan fingerprint density at radius 1 is 0.938 bits per heavy atom. The molecule has 4 amide bonds. The zero-order chi connectivity index (χ0) is 23.0. The SMILES string of the molecule is O=C(CCN1C(=O)C=CC1=O)NCCOCCOCCNC(=O)O[C@@H]1/C=C\CCCCC1. The van der Waals surface area contributed by atoms with Crippen LogP contribution in [0.2, 0.25) is 0 Å². The van der Waals surface area contributed by atoms with Gasteiger partial charge in [0.2, 0.25) is 5.91 Å². The van der Waals surface area contributed by atoms with Crippen molar-refractivity contribution >= 4 is 23.8 Å². The van der Waals surface area contributed by atoms with E-state index in [4.69, 9.17) is 14.2 Å². The number of nitrogens with zero attached hydrogens (tertiary/aromatic N) is 1. The van der Waals surface area contributed by atoms with Crippen molar-refractivity contribution in [3.8, 4) is 0 Å². The molecular weight excluding hydrogens is 418 g/mol. The van der Waals surface area contributed by atoms with Crippen molar-refractivity contribution in [3.63, 3.8) is 0 Å². The molecule has 10 nitrogen and oxygen atoms in total. The van der Waals surface area contributed by atoms with Crippen molar-refractivity contribution in [1.29, 1.82) is 0 Å². The van der Waals surface area contributed by atoms with Crippen LogP contribution >= 0.6 is 0 Å². The van der Waals surface area contributed by atoms with E-state index in [1.165, 1.54) is 18.6 Å². The number of hydrogen-bond acceptors (Lipinski definition) is 7. The predicted octanol–water partition coefficient (Wildman–Crippen LogP) is 1.07. The molecule has 1 atom stereocenters. The first-order chi connectivity index (χ1) is 15.6. The number of carbonyl (C=O) groups excluding carboxylic acids is 4. The number of nitrogens with one attached hydrogen (secondary N) is 2. The Labute approximate surface area is 188 Å². The van der Waals surface area contributed by atoms with Crippen molar-refractivity contribution < 1.29 is 33.4 Å². The Morgan fingerprint density at radius 3 is 2.34 bits per heavy atom. The van der Waals surface area contributed by atoms with Gasteiger partial charge in [-0.15, -0.1) is 0 Å². The minimum atomic E-state index is -0.439. The summed E-state index contributed by atoms with van der Waals surface area (Å²) in [6.45, 7) is 2.11. The molecular formula is C22H33N3O7. The van der Waals surface area contributed by atoms with E-state index in [-0.39, 0.29) is 25.0 Å². The van der Waals surface area contributed by atoms with Crippen LogP contribution in [0.3, 0.4) is 0 Å². The normalized spacial score (nSPS) is 19.4. The standard InChI is InChI=1S/C22H33N3O7/c26-19(10-13-25-20(27)8-9-21(25)28)23-11-14-30-16-17-31-15-12-24-22(29)32-18-6-4-2-1-3-5-7-18/h4,6,8-9,18H,1-3,5,7,10-17H2,(H,23,26)(H,24,29)/b6-4-/t18-/m1/s1. The Hall–Kier alpha value is -2.72. The Kier molecular flexibility index (Phi) is 12.1. The first-order valence-corrected chi connectivity index (χ1v) is 11.1. The highest BCUT2D eigenvalue weighted by Crippen LogP contribution is 2.14. The van der Waals surface area contributed by atoms with Gasteiger partial charge in [0.05, 0.1) is 26.4 Å². The van der Waals surface area contributed by atoms with E-state index in [2.05, 4.69) is 16.7 Å². The Morgan fingerprint density at radius 2 is 1.62 bits per heavy atom. The van der Waals surface area contributed by atoms with Crippen LogP contribution in [0, 0.1) is 0 Å². The van der Waals surface area contributed by atoms with Gasteiger partial charge < -0.3 is 24.8 Å². The van der Waals surface area contributed by atoms with Gasteiger partial charge in [-0.3, -0.25) is 19.3 Å². The van der Waals surface area contributed by atoms with Crippen LogP contribution in [0.25, 0.3) is 0 Å². The van der Waals surface area contributed by atoms with E-state index >= 15 is 0 Å². The van der Waals surface area contributed by atoms with E-state index in [0.29, 0.717) is 39.5 Å². The van der Waals surface area contributed by atoms with E-state index in [9.17, 15) is 19.2 Å². The van der Waals surface area contributed by atoms with Gasteiger partial charge in [-0.1, -0.05) is 12.5 Å². The van der Waals surface area contributed by atoms with Crippen molar-refractivity contribution in [1.82, 2.24) is 15.5 Å². The van der Waals surface area contributed by atoms with Gasteiger partial charge in [0.25, 0.3) is 11.8 Å². The molecule has 0 saturated carbocycles. The predicted molar refractivity (Wildman–Crippen MR) is 116 cm³/mol. The monoisotopic (exact) mass is 451 g/mol. The minimum absolute atomic E-state index is 0.0503. The number of amides is 4. The van der Waals surface area contributed by atoms with Gasteiger partial charge in [0.1, 0.15) is 6.10 Å². The Balaban J connectivity index is 1.37. The number of rotatable bonds is 13. The fourth-order valence-corrected chi connectivity index (χ4v) is 3.17. The maximum absolute atomic E-state index is 11.8. The molecule has 32 heavy (non-hydrogen) atoms. The summed E-state index contributed by atoms with van der Waals surface area (Å²) in [6, 6.07) is 0. The molecule has 1 heterocycles. The second-order valence-electron chi connectivity index (χ2n) is 7.42. The zero-order valence-electron chi connectivity index (χ0n) is 18.4. The second-order valence-corrected chi connectivity index (χ2v) is 7.42. The molecule has 0 saturated heterocycles. The largest absolute Gasteiger partial charge is 0.442 e. The third-order valence-electron chi connectivity index (χ3n) is 4.89.